The number of aliphatic hydroxyl groups excluding tert-OH is 1. The summed E-state index contributed by atoms with van der Waals surface area (Å²) in [6.07, 6.45) is 1.63. The van der Waals surface area contributed by atoms with Crippen LogP contribution in [0.5, 0.6) is 0 Å². The van der Waals surface area contributed by atoms with Crippen molar-refractivity contribution < 1.29 is 14.7 Å². The van der Waals surface area contributed by atoms with Crippen molar-refractivity contribution in [1.29, 1.82) is 0 Å². The molecule has 0 aromatic carbocycles. The topological polar surface area (TPSA) is 108 Å². The summed E-state index contributed by atoms with van der Waals surface area (Å²) in [6, 6.07) is 0. The van der Waals surface area contributed by atoms with Crippen molar-refractivity contribution in [1.82, 2.24) is 15.5 Å². The highest BCUT2D eigenvalue weighted by atomic mass is 16.3. The molecule has 0 bridgehead atoms. The monoisotopic (exact) mass is 288 g/mol. The molecule has 0 aromatic rings. The molecule has 118 valence electrons. The van der Waals surface area contributed by atoms with E-state index in [9.17, 15) is 9.59 Å². The van der Waals surface area contributed by atoms with Gasteiger partial charge in [-0.3, -0.25) is 9.59 Å². The molecule has 0 heterocycles. The molecule has 7 heteroatoms. The number of aliphatic hydroxyl groups is 1. The lowest BCUT2D eigenvalue weighted by molar-refractivity contribution is -0.121. The van der Waals surface area contributed by atoms with E-state index in [1.165, 1.54) is 0 Å². The maximum absolute atomic E-state index is 11.5. The van der Waals surface area contributed by atoms with Gasteiger partial charge in [0.05, 0.1) is 6.61 Å². The third kappa shape index (κ3) is 10.7. The number of amides is 2. The van der Waals surface area contributed by atoms with Gasteiger partial charge in [-0.15, -0.1) is 0 Å². The van der Waals surface area contributed by atoms with Crippen LogP contribution in [-0.4, -0.2) is 67.7 Å². The molecule has 0 fully saturated rings. The zero-order chi connectivity index (χ0) is 15.2. The SMILES string of the molecule is CCCNC(=O)CCN(CCO)CCC(=O)NCCN. The second-order valence-electron chi connectivity index (χ2n) is 4.55. The summed E-state index contributed by atoms with van der Waals surface area (Å²) in [7, 11) is 0. The van der Waals surface area contributed by atoms with E-state index in [4.69, 9.17) is 10.8 Å². The van der Waals surface area contributed by atoms with Gasteiger partial charge in [0.25, 0.3) is 0 Å². The van der Waals surface area contributed by atoms with E-state index >= 15 is 0 Å². The Kier molecular flexibility index (Phi) is 12.1. The zero-order valence-electron chi connectivity index (χ0n) is 12.4. The summed E-state index contributed by atoms with van der Waals surface area (Å²) < 4.78 is 0. The Balaban J connectivity index is 3.91. The van der Waals surface area contributed by atoms with Gasteiger partial charge in [0, 0.05) is 52.1 Å². The zero-order valence-corrected chi connectivity index (χ0v) is 12.4. The smallest absolute Gasteiger partial charge is 0.221 e. The van der Waals surface area contributed by atoms with E-state index < -0.39 is 0 Å². The van der Waals surface area contributed by atoms with E-state index in [0.29, 0.717) is 52.1 Å². The highest BCUT2D eigenvalue weighted by Gasteiger charge is 2.09. The molecular weight excluding hydrogens is 260 g/mol. The summed E-state index contributed by atoms with van der Waals surface area (Å²) >= 11 is 0. The largest absolute Gasteiger partial charge is 0.395 e. The third-order valence-corrected chi connectivity index (χ3v) is 2.77. The minimum Gasteiger partial charge on any atom is -0.395 e. The Bertz CT molecular complexity index is 250. The fourth-order valence-electron chi connectivity index (χ4n) is 1.65. The maximum Gasteiger partial charge on any atom is 0.221 e. The minimum absolute atomic E-state index is 0.00220. The van der Waals surface area contributed by atoms with Crippen LogP contribution in [0.1, 0.15) is 26.2 Å². The van der Waals surface area contributed by atoms with Gasteiger partial charge in [-0.05, 0) is 6.42 Å². The quantitative estimate of drug-likeness (QED) is 0.356. The number of nitrogens with two attached hydrogens (primary N) is 1. The predicted octanol–water partition coefficient (Wildman–Crippen LogP) is -1.34. The van der Waals surface area contributed by atoms with Crippen molar-refractivity contribution >= 4 is 11.8 Å². The second-order valence-corrected chi connectivity index (χ2v) is 4.55. The molecule has 0 rings (SSSR count). The first-order valence-corrected chi connectivity index (χ1v) is 7.20. The van der Waals surface area contributed by atoms with Gasteiger partial charge in [-0.25, -0.2) is 0 Å². The van der Waals surface area contributed by atoms with E-state index in [1.54, 1.807) is 0 Å². The molecule has 0 radical (unpaired) electrons. The molecule has 0 saturated carbocycles. The first-order valence-electron chi connectivity index (χ1n) is 7.20. The molecule has 0 unspecified atom stereocenters. The molecule has 0 saturated heterocycles. The molecule has 0 aliphatic heterocycles. The van der Waals surface area contributed by atoms with Crippen molar-refractivity contribution in [2.24, 2.45) is 5.73 Å². The number of hydrogen-bond acceptors (Lipinski definition) is 5. The molecule has 2 amide bonds. The molecule has 0 atom stereocenters. The molecule has 5 N–H and O–H groups in total. The van der Waals surface area contributed by atoms with Crippen LogP contribution in [0.2, 0.25) is 0 Å². The highest BCUT2D eigenvalue weighted by molar-refractivity contribution is 5.76. The first-order chi connectivity index (χ1) is 9.63. The van der Waals surface area contributed by atoms with Crippen LogP contribution in [-0.2, 0) is 9.59 Å². The van der Waals surface area contributed by atoms with Crippen molar-refractivity contribution in [2.45, 2.75) is 26.2 Å². The van der Waals surface area contributed by atoms with Crippen molar-refractivity contribution in [2.75, 3.05) is 45.9 Å². The number of hydrogen-bond donors (Lipinski definition) is 4. The highest BCUT2D eigenvalue weighted by Crippen LogP contribution is 1.95. The van der Waals surface area contributed by atoms with Gasteiger partial charge in [-0.1, -0.05) is 6.92 Å². The fourth-order valence-corrected chi connectivity index (χ4v) is 1.65. The Morgan fingerprint density at radius 3 is 2.05 bits per heavy atom. The van der Waals surface area contributed by atoms with E-state index in [1.807, 2.05) is 11.8 Å². The Labute approximate surface area is 120 Å². The first kappa shape index (κ1) is 18.8. The average molecular weight is 288 g/mol. The van der Waals surface area contributed by atoms with Crippen LogP contribution in [0.25, 0.3) is 0 Å². The lowest BCUT2D eigenvalue weighted by atomic mass is 10.3. The molecule has 7 nitrogen and oxygen atoms in total. The van der Waals surface area contributed by atoms with Crippen molar-refractivity contribution in [3.8, 4) is 0 Å². The summed E-state index contributed by atoms with van der Waals surface area (Å²) in [5, 5.41) is 14.5. The van der Waals surface area contributed by atoms with Gasteiger partial charge in [0.1, 0.15) is 0 Å². The van der Waals surface area contributed by atoms with Gasteiger partial charge >= 0.3 is 0 Å². The normalized spacial score (nSPS) is 10.6. The number of nitrogens with zero attached hydrogens (tertiary/aromatic N) is 1. The Morgan fingerprint density at radius 1 is 1.05 bits per heavy atom. The summed E-state index contributed by atoms with van der Waals surface area (Å²) in [5.74, 6) is -0.0591. The molecule has 0 aliphatic rings. The van der Waals surface area contributed by atoms with E-state index in [2.05, 4.69) is 10.6 Å². The lowest BCUT2D eigenvalue weighted by Gasteiger charge is -2.20. The van der Waals surface area contributed by atoms with Crippen molar-refractivity contribution in [3.05, 3.63) is 0 Å². The maximum atomic E-state index is 11.5. The van der Waals surface area contributed by atoms with E-state index in [-0.39, 0.29) is 18.4 Å². The van der Waals surface area contributed by atoms with Crippen LogP contribution in [0, 0.1) is 0 Å². The number of carbonyl (C=O) groups is 2. The van der Waals surface area contributed by atoms with Gasteiger partial charge in [0.15, 0.2) is 0 Å². The molecule has 0 aliphatic carbocycles. The average Bonchev–Trinajstić information content (AvgIpc) is 2.45. The Hall–Kier alpha value is -1.18. The Morgan fingerprint density at radius 2 is 1.60 bits per heavy atom. The van der Waals surface area contributed by atoms with Gasteiger partial charge in [-0.2, -0.15) is 0 Å². The lowest BCUT2D eigenvalue weighted by Crippen LogP contribution is -2.36. The van der Waals surface area contributed by atoms with Gasteiger partial charge in [0.2, 0.25) is 11.8 Å². The van der Waals surface area contributed by atoms with Gasteiger partial charge < -0.3 is 26.4 Å². The minimum atomic E-state index is -0.0613. The number of nitrogens with one attached hydrogen (secondary N) is 2. The van der Waals surface area contributed by atoms with Crippen LogP contribution < -0.4 is 16.4 Å². The molecule has 20 heavy (non-hydrogen) atoms. The van der Waals surface area contributed by atoms with Crippen LogP contribution >= 0.6 is 0 Å². The van der Waals surface area contributed by atoms with Crippen LogP contribution in [0.15, 0.2) is 0 Å². The van der Waals surface area contributed by atoms with E-state index in [0.717, 1.165) is 6.42 Å². The second kappa shape index (κ2) is 12.8. The van der Waals surface area contributed by atoms with Crippen LogP contribution in [0.4, 0.5) is 0 Å². The molecule has 0 spiro atoms. The summed E-state index contributed by atoms with van der Waals surface area (Å²) in [6.45, 7) is 5.12. The number of carbonyl (C=O) groups excluding carboxylic acids is 2. The summed E-state index contributed by atoms with van der Waals surface area (Å²) in [4.78, 5) is 24.9. The van der Waals surface area contributed by atoms with Crippen molar-refractivity contribution in [3.63, 3.8) is 0 Å². The van der Waals surface area contributed by atoms with Crippen LogP contribution in [0.3, 0.4) is 0 Å². The third-order valence-electron chi connectivity index (χ3n) is 2.77. The fraction of sp³-hybridized carbons (Fsp3) is 0.846. The molecular formula is C13H28N4O3. The summed E-state index contributed by atoms with van der Waals surface area (Å²) in [5.41, 5.74) is 5.30. The standard InChI is InChI=1S/C13H28N4O3/c1-2-6-15-12(19)3-8-17(10-11-18)9-4-13(20)16-7-5-14/h18H,2-11,14H2,1H3,(H,15,19)(H,16,20). The predicted molar refractivity (Wildman–Crippen MR) is 78.1 cm³/mol. The molecule has 0 aromatic heterocycles. The number of rotatable bonds is 12.